The van der Waals surface area contributed by atoms with E-state index >= 15 is 0 Å². The van der Waals surface area contributed by atoms with Gasteiger partial charge in [0.2, 0.25) is 11.8 Å². The maximum absolute atomic E-state index is 12.7. The fourth-order valence-corrected chi connectivity index (χ4v) is 2.33. The lowest BCUT2D eigenvalue weighted by Crippen LogP contribution is -2.58. The molecule has 10 heteroatoms. The number of amides is 3. The summed E-state index contributed by atoms with van der Waals surface area (Å²) >= 11 is 0. The molecule has 0 aromatic heterocycles. The first kappa shape index (κ1) is 25.4. The van der Waals surface area contributed by atoms with Gasteiger partial charge in [0.05, 0.1) is 25.2 Å². The molecule has 10 nitrogen and oxygen atoms in total. The molecule has 168 valence electrons. The molecule has 1 atom stereocenters. The van der Waals surface area contributed by atoms with Crippen LogP contribution in [0.1, 0.15) is 51.4 Å². The second kappa shape index (κ2) is 10.4. The van der Waals surface area contributed by atoms with E-state index in [1.165, 1.54) is 33.1 Å². The number of ether oxygens (including phenoxy) is 2. The number of hydrogen-bond donors (Lipinski definition) is 3. The van der Waals surface area contributed by atoms with Gasteiger partial charge in [0.1, 0.15) is 17.2 Å². The van der Waals surface area contributed by atoms with E-state index in [0.29, 0.717) is 5.69 Å². The van der Waals surface area contributed by atoms with Crippen molar-refractivity contribution >= 4 is 29.6 Å². The van der Waals surface area contributed by atoms with Gasteiger partial charge in [0.25, 0.3) is 0 Å². The van der Waals surface area contributed by atoms with E-state index < -0.39 is 41.1 Å². The predicted molar refractivity (Wildman–Crippen MR) is 112 cm³/mol. The van der Waals surface area contributed by atoms with Crippen molar-refractivity contribution in [3.05, 3.63) is 29.8 Å². The molecule has 31 heavy (non-hydrogen) atoms. The molecule has 1 rings (SSSR count). The zero-order valence-corrected chi connectivity index (χ0v) is 18.5. The van der Waals surface area contributed by atoms with Crippen molar-refractivity contribution in [2.45, 2.75) is 58.2 Å². The number of esters is 1. The number of benzene rings is 1. The van der Waals surface area contributed by atoms with Gasteiger partial charge in [0.15, 0.2) is 0 Å². The number of rotatable bonds is 7. The van der Waals surface area contributed by atoms with Crippen LogP contribution in [0, 0.1) is 11.3 Å². The van der Waals surface area contributed by atoms with Crippen LogP contribution in [0.4, 0.5) is 10.5 Å². The Morgan fingerprint density at radius 3 is 2.32 bits per heavy atom. The molecule has 0 aliphatic rings. The van der Waals surface area contributed by atoms with Crippen LogP contribution < -0.4 is 16.0 Å². The van der Waals surface area contributed by atoms with Crippen LogP contribution in [0.2, 0.25) is 0 Å². The van der Waals surface area contributed by atoms with Crippen LogP contribution in [-0.2, 0) is 19.1 Å². The summed E-state index contributed by atoms with van der Waals surface area (Å²) in [5, 5.41) is 16.4. The molecule has 0 aliphatic heterocycles. The zero-order valence-electron chi connectivity index (χ0n) is 18.5. The molecular formula is C21H28N4O6. The second-order valence-electron chi connectivity index (χ2n) is 8.20. The van der Waals surface area contributed by atoms with Crippen molar-refractivity contribution in [1.29, 1.82) is 5.26 Å². The summed E-state index contributed by atoms with van der Waals surface area (Å²) < 4.78 is 9.75. The molecule has 0 fully saturated rings. The Bertz CT molecular complexity index is 883. The molecule has 0 unspecified atom stereocenters. The third kappa shape index (κ3) is 8.34. The standard InChI is InChI=1S/C21H28N4O6/c1-20(2,3)31-19(29)24-15(10-11-22)16(26)25-21(4,5)18(28)23-14-9-7-8-13(12-14)17(27)30-6/h7-9,12,15H,10H2,1-6H3,(H,23,28)(H,24,29)(H,25,26)/t15-/m1/s1. The fraction of sp³-hybridized carbons (Fsp3) is 0.476. The summed E-state index contributed by atoms with van der Waals surface area (Å²) in [7, 11) is 1.25. The summed E-state index contributed by atoms with van der Waals surface area (Å²) in [6.07, 6.45) is -1.17. The van der Waals surface area contributed by atoms with Gasteiger partial charge in [-0.25, -0.2) is 9.59 Å². The summed E-state index contributed by atoms with van der Waals surface area (Å²) in [4.78, 5) is 48.9. The Hall–Kier alpha value is -3.61. The Kier molecular flexibility index (Phi) is 8.55. The van der Waals surface area contributed by atoms with E-state index in [4.69, 9.17) is 10.00 Å². The minimum Gasteiger partial charge on any atom is -0.465 e. The maximum atomic E-state index is 12.7. The molecule has 0 radical (unpaired) electrons. The normalized spacial score (nSPS) is 12.0. The summed E-state index contributed by atoms with van der Waals surface area (Å²) in [5.74, 6) is -1.86. The zero-order chi connectivity index (χ0) is 23.8. The molecule has 3 amide bonds. The number of carbonyl (C=O) groups excluding carboxylic acids is 4. The lowest BCUT2D eigenvalue weighted by molar-refractivity contribution is -0.130. The molecule has 0 aliphatic carbocycles. The molecule has 3 N–H and O–H groups in total. The fourth-order valence-electron chi connectivity index (χ4n) is 2.33. The topological polar surface area (TPSA) is 147 Å². The van der Waals surface area contributed by atoms with Crippen molar-refractivity contribution in [1.82, 2.24) is 10.6 Å². The van der Waals surface area contributed by atoms with Crippen LogP contribution in [0.15, 0.2) is 24.3 Å². The van der Waals surface area contributed by atoms with Gasteiger partial charge in [-0.1, -0.05) is 6.07 Å². The van der Waals surface area contributed by atoms with Crippen molar-refractivity contribution < 1.29 is 28.7 Å². The highest BCUT2D eigenvalue weighted by molar-refractivity contribution is 6.01. The van der Waals surface area contributed by atoms with Gasteiger partial charge in [-0.15, -0.1) is 0 Å². The predicted octanol–water partition coefficient (Wildman–Crippen LogP) is 2.11. The average Bonchev–Trinajstić information content (AvgIpc) is 2.65. The first-order valence-corrected chi connectivity index (χ1v) is 9.47. The monoisotopic (exact) mass is 432 g/mol. The van der Waals surface area contributed by atoms with Crippen molar-refractivity contribution in [3.63, 3.8) is 0 Å². The third-order valence-corrected chi connectivity index (χ3v) is 3.85. The number of methoxy groups -OCH3 is 1. The molecule has 0 bridgehead atoms. The van der Waals surface area contributed by atoms with Gasteiger partial charge < -0.3 is 25.4 Å². The minimum absolute atomic E-state index is 0.248. The molecule has 1 aromatic carbocycles. The highest BCUT2D eigenvalue weighted by Gasteiger charge is 2.33. The first-order valence-electron chi connectivity index (χ1n) is 9.47. The van der Waals surface area contributed by atoms with Crippen LogP contribution in [-0.4, -0.2) is 48.2 Å². The number of anilines is 1. The van der Waals surface area contributed by atoms with Crippen LogP contribution in [0.5, 0.6) is 0 Å². The van der Waals surface area contributed by atoms with E-state index in [1.54, 1.807) is 32.9 Å². The number of nitrogens with zero attached hydrogens (tertiary/aromatic N) is 1. The lowest BCUT2D eigenvalue weighted by atomic mass is 10.0. The lowest BCUT2D eigenvalue weighted by Gasteiger charge is -2.28. The van der Waals surface area contributed by atoms with Gasteiger partial charge in [-0.3, -0.25) is 9.59 Å². The smallest absolute Gasteiger partial charge is 0.408 e. The highest BCUT2D eigenvalue weighted by atomic mass is 16.6. The van der Waals surface area contributed by atoms with Crippen molar-refractivity contribution in [2.24, 2.45) is 0 Å². The molecule has 0 saturated heterocycles. The number of nitrogens with one attached hydrogen (secondary N) is 3. The van der Waals surface area contributed by atoms with E-state index in [9.17, 15) is 19.2 Å². The van der Waals surface area contributed by atoms with Crippen LogP contribution in [0.25, 0.3) is 0 Å². The molecule has 0 heterocycles. The minimum atomic E-state index is -1.40. The van der Waals surface area contributed by atoms with E-state index in [0.717, 1.165) is 0 Å². The Morgan fingerprint density at radius 1 is 1.13 bits per heavy atom. The van der Waals surface area contributed by atoms with Crippen molar-refractivity contribution in [2.75, 3.05) is 12.4 Å². The Morgan fingerprint density at radius 2 is 1.77 bits per heavy atom. The second-order valence-corrected chi connectivity index (χ2v) is 8.20. The van der Waals surface area contributed by atoms with E-state index in [2.05, 4.69) is 20.7 Å². The Labute approximate surface area is 181 Å². The van der Waals surface area contributed by atoms with Gasteiger partial charge in [-0.2, -0.15) is 5.26 Å². The van der Waals surface area contributed by atoms with Crippen LogP contribution >= 0.6 is 0 Å². The Balaban J connectivity index is 2.86. The quantitative estimate of drug-likeness (QED) is 0.559. The largest absolute Gasteiger partial charge is 0.465 e. The maximum Gasteiger partial charge on any atom is 0.408 e. The SMILES string of the molecule is COC(=O)c1cccc(NC(=O)C(C)(C)NC(=O)[C@@H](CC#N)NC(=O)OC(C)(C)C)c1. The van der Waals surface area contributed by atoms with E-state index in [-0.39, 0.29) is 12.0 Å². The highest BCUT2D eigenvalue weighted by Crippen LogP contribution is 2.15. The number of carbonyl (C=O) groups is 4. The number of nitriles is 1. The van der Waals surface area contributed by atoms with Gasteiger partial charge >= 0.3 is 12.1 Å². The molecule has 0 saturated carbocycles. The third-order valence-electron chi connectivity index (χ3n) is 3.85. The molecular weight excluding hydrogens is 404 g/mol. The van der Waals surface area contributed by atoms with Gasteiger partial charge in [0, 0.05) is 5.69 Å². The van der Waals surface area contributed by atoms with Gasteiger partial charge in [-0.05, 0) is 52.8 Å². The number of hydrogen-bond acceptors (Lipinski definition) is 7. The summed E-state index contributed by atoms with van der Waals surface area (Å²) in [6.45, 7) is 7.90. The average molecular weight is 432 g/mol. The van der Waals surface area contributed by atoms with E-state index in [1.807, 2.05) is 6.07 Å². The summed E-state index contributed by atoms with van der Waals surface area (Å²) in [5.41, 5.74) is -1.61. The van der Waals surface area contributed by atoms with Crippen molar-refractivity contribution in [3.8, 4) is 6.07 Å². The molecule has 1 aromatic rings. The summed E-state index contributed by atoms with van der Waals surface area (Å²) in [6, 6.07) is 6.72. The first-order chi connectivity index (χ1) is 14.3. The molecule has 0 spiro atoms. The number of alkyl carbamates (subject to hydrolysis) is 1. The van der Waals surface area contributed by atoms with Crippen LogP contribution in [0.3, 0.4) is 0 Å².